The number of nitrogens with zero attached hydrogens (tertiary/aromatic N) is 3. The number of hydrogen-bond acceptors (Lipinski definition) is 6. The van der Waals surface area contributed by atoms with Crippen LogP contribution < -0.4 is 15.6 Å². The van der Waals surface area contributed by atoms with E-state index < -0.39 is 0 Å². The summed E-state index contributed by atoms with van der Waals surface area (Å²) in [5, 5.41) is 9.54. The van der Waals surface area contributed by atoms with Crippen LogP contribution in [0.25, 0.3) is 16.5 Å². The normalized spacial score (nSPS) is 12.9. The van der Waals surface area contributed by atoms with E-state index >= 15 is 0 Å². The van der Waals surface area contributed by atoms with Crippen LogP contribution in [0.4, 0.5) is 5.82 Å². The number of ether oxygens (including phenoxy) is 1. The Balaban J connectivity index is 1.52. The number of carbonyl (C=O) groups is 1. The molecule has 9 heteroatoms. The molecular weight excluding hydrogens is 438 g/mol. The molecule has 5 rings (SSSR count). The Hall–Kier alpha value is -3.72. The van der Waals surface area contributed by atoms with Crippen molar-refractivity contribution in [2.24, 2.45) is 0 Å². The molecule has 33 heavy (non-hydrogen) atoms. The molecule has 0 fully saturated rings. The molecule has 3 heterocycles. The van der Waals surface area contributed by atoms with Crippen molar-refractivity contribution in [3.8, 4) is 22.3 Å². The standard InChI is InChI=1S/C24H23N5O3S/c1-2-32-16-11-9-15(10-12-16)22(30)26-21-14-19(20-8-5-13-33-20)28-29(21)24-25-18-7-4-3-6-17(18)23(31)27-24/h5,8-14H,2-4,6-7H2,1H3,(H,26,30)(H,25,27,31). The van der Waals surface area contributed by atoms with Crippen LogP contribution in [0.15, 0.2) is 52.6 Å². The highest BCUT2D eigenvalue weighted by Crippen LogP contribution is 2.28. The largest absolute Gasteiger partial charge is 0.494 e. The molecule has 168 valence electrons. The first-order valence-electron chi connectivity index (χ1n) is 10.9. The number of fused-ring (bicyclic) bond motifs is 1. The van der Waals surface area contributed by atoms with Crippen LogP contribution >= 0.6 is 11.3 Å². The number of carbonyl (C=O) groups excluding carboxylic acids is 1. The fourth-order valence-corrected chi connectivity index (χ4v) is 4.61. The third-order valence-corrected chi connectivity index (χ3v) is 6.42. The second kappa shape index (κ2) is 9.03. The second-order valence-electron chi connectivity index (χ2n) is 7.74. The van der Waals surface area contributed by atoms with E-state index in [2.05, 4.69) is 15.4 Å². The molecule has 8 nitrogen and oxygen atoms in total. The minimum Gasteiger partial charge on any atom is -0.494 e. The van der Waals surface area contributed by atoms with Crippen molar-refractivity contribution in [1.29, 1.82) is 0 Å². The molecule has 1 amide bonds. The minimum atomic E-state index is -0.294. The lowest BCUT2D eigenvalue weighted by atomic mass is 9.97. The molecule has 0 saturated heterocycles. The summed E-state index contributed by atoms with van der Waals surface area (Å²) < 4.78 is 6.95. The molecule has 0 radical (unpaired) electrons. The summed E-state index contributed by atoms with van der Waals surface area (Å²) in [6, 6.07) is 12.6. The maximum Gasteiger partial charge on any atom is 0.256 e. The van der Waals surface area contributed by atoms with E-state index in [0.29, 0.717) is 35.4 Å². The van der Waals surface area contributed by atoms with Gasteiger partial charge in [0.2, 0.25) is 5.95 Å². The number of amides is 1. The molecule has 3 aromatic heterocycles. The molecule has 1 aliphatic rings. The number of benzene rings is 1. The van der Waals surface area contributed by atoms with E-state index in [1.807, 2.05) is 24.4 Å². The highest BCUT2D eigenvalue weighted by atomic mass is 32.1. The van der Waals surface area contributed by atoms with Crippen LogP contribution in [0.1, 0.15) is 41.4 Å². The zero-order valence-corrected chi connectivity index (χ0v) is 18.9. The lowest BCUT2D eigenvalue weighted by Crippen LogP contribution is -2.24. The van der Waals surface area contributed by atoms with Gasteiger partial charge in [-0.25, -0.2) is 4.98 Å². The number of H-pyrrole nitrogens is 1. The minimum absolute atomic E-state index is 0.147. The third-order valence-electron chi connectivity index (χ3n) is 5.53. The monoisotopic (exact) mass is 461 g/mol. The molecule has 0 unspecified atom stereocenters. The predicted molar refractivity (Wildman–Crippen MR) is 127 cm³/mol. The fraction of sp³-hybridized carbons (Fsp3) is 0.250. The van der Waals surface area contributed by atoms with Gasteiger partial charge >= 0.3 is 0 Å². The summed E-state index contributed by atoms with van der Waals surface area (Å²) in [5.74, 6) is 1.13. The molecule has 0 atom stereocenters. The molecular formula is C24H23N5O3S. The van der Waals surface area contributed by atoms with Gasteiger partial charge in [-0.15, -0.1) is 11.3 Å². The van der Waals surface area contributed by atoms with Gasteiger partial charge in [0.05, 0.1) is 17.2 Å². The van der Waals surface area contributed by atoms with Gasteiger partial charge in [-0.1, -0.05) is 6.07 Å². The maximum absolute atomic E-state index is 13.0. The number of anilines is 1. The summed E-state index contributed by atoms with van der Waals surface area (Å²) in [7, 11) is 0. The van der Waals surface area contributed by atoms with Gasteiger partial charge in [0.25, 0.3) is 11.5 Å². The van der Waals surface area contributed by atoms with Gasteiger partial charge in [0, 0.05) is 17.2 Å². The summed E-state index contributed by atoms with van der Waals surface area (Å²) >= 11 is 1.55. The van der Waals surface area contributed by atoms with Crippen LogP contribution in [0.2, 0.25) is 0 Å². The summed E-state index contributed by atoms with van der Waals surface area (Å²) in [6.45, 7) is 2.47. The molecule has 1 aliphatic carbocycles. The van der Waals surface area contributed by atoms with Crippen LogP contribution in [0.3, 0.4) is 0 Å². The van der Waals surface area contributed by atoms with E-state index in [1.54, 1.807) is 41.7 Å². The average molecular weight is 462 g/mol. The van der Waals surface area contributed by atoms with Crippen molar-refractivity contribution in [2.45, 2.75) is 32.6 Å². The lowest BCUT2D eigenvalue weighted by Gasteiger charge is -2.15. The quantitative estimate of drug-likeness (QED) is 0.448. The Morgan fingerprint density at radius 1 is 1.21 bits per heavy atom. The molecule has 0 spiro atoms. The van der Waals surface area contributed by atoms with Crippen molar-refractivity contribution in [3.05, 3.63) is 75.0 Å². The highest BCUT2D eigenvalue weighted by molar-refractivity contribution is 7.13. The summed E-state index contributed by atoms with van der Waals surface area (Å²) in [6.07, 6.45) is 3.49. The number of aromatic amines is 1. The van der Waals surface area contributed by atoms with E-state index in [0.717, 1.165) is 41.8 Å². The van der Waals surface area contributed by atoms with Crippen LogP contribution in [-0.2, 0) is 12.8 Å². The van der Waals surface area contributed by atoms with Crippen molar-refractivity contribution >= 4 is 23.1 Å². The van der Waals surface area contributed by atoms with E-state index in [-0.39, 0.29) is 11.5 Å². The summed E-state index contributed by atoms with van der Waals surface area (Å²) in [5.41, 5.74) is 2.57. The van der Waals surface area contributed by atoms with Crippen LogP contribution in [-0.4, -0.2) is 32.3 Å². The Kier molecular flexibility index (Phi) is 5.78. The fourth-order valence-electron chi connectivity index (χ4n) is 3.92. The Bertz CT molecular complexity index is 1340. The molecule has 0 bridgehead atoms. The summed E-state index contributed by atoms with van der Waals surface area (Å²) in [4.78, 5) is 34.2. The van der Waals surface area contributed by atoms with Crippen molar-refractivity contribution in [3.63, 3.8) is 0 Å². The van der Waals surface area contributed by atoms with E-state index in [9.17, 15) is 9.59 Å². The smallest absolute Gasteiger partial charge is 0.256 e. The molecule has 2 N–H and O–H groups in total. The number of aryl methyl sites for hydroxylation is 1. The van der Waals surface area contributed by atoms with Crippen molar-refractivity contribution < 1.29 is 9.53 Å². The van der Waals surface area contributed by atoms with Crippen molar-refractivity contribution in [2.75, 3.05) is 11.9 Å². The van der Waals surface area contributed by atoms with Gasteiger partial charge in [-0.3, -0.25) is 14.6 Å². The zero-order valence-electron chi connectivity index (χ0n) is 18.1. The topological polar surface area (TPSA) is 102 Å². The Labute approximate surface area is 194 Å². The van der Waals surface area contributed by atoms with Gasteiger partial charge in [-0.2, -0.15) is 9.78 Å². The van der Waals surface area contributed by atoms with Gasteiger partial charge in [0.15, 0.2) is 0 Å². The number of nitrogens with one attached hydrogen (secondary N) is 2. The first-order chi connectivity index (χ1) is 16.1. The molecule has 1 aromatic carbocycles. The molecule has 0 aliphatic heterocycles. The lowest BCUT2D eigenvalue weighted by molar-refractivity contribution is 0.102. The molecule has 0 saturated carbocycles. The zero-order chi connectivity index (χ0) is 22.8. The highest BCUT2D eigenvalue weighted by Gasteiger charge is 2.20. The predicted octanol–water partition coefficient (Wildman–Crippen LogP) is 4.21. The third kappa shape index (κ3) is 4.31. The van der Waals surface area contributed by atoms with Gasteiger partial charge in [0.1, 0.15) is 17.3 Å². The second-order valence-corrected chi connectivity index (χ2v) is 8.69. The van der Waals surface area contributed by atoms with E-state index in [1.165, 1.54) is 4.68 Å². The first-order valence-corrected chi connectivity index (χ1v) is 11.8. The van der Waals surface area contributed by atoms with E-state index in [4.69, 9.17) is 9.72 Å². The first kappa shape index (κ1) is 21.1. The average Bonchev–Trinajstić information content (AvgIpc) is 3.50. The Morgan fingerprint density at radius 2 is 2.03 bits per heavy atom. The van der Waals surface area contributed by atoms with Gasteiger partial charge in [-0.05, 0) is 68.3 Å². The van der Waals surface area contributed by atoms with Crippen LogP contribution in [0.5, 0.6) is 5.75 Å². The molecule has 4 aromatic rings. The van der Waals surface area contributed by atoms with Crippen LogP contribution in [0, 0.1) is 0 Å². The van der Waals surface area contributed by atoms with Crippen molar-refractivity contribution in [1.82, 2.24) is 19.7 Å². The number of thiophene rings is 1. The maximum atomic E-state index is 13.0. The number of hydrogen-bond donors (Lipinski definition) is 2. The number of rotatable bonds is 6. The Morgan fingerprint density at radius 3 is 2.79 bits per heavy atom. The number of aromatic nitrogens is 4. The van der Waals surface area contributed by atoms with Gasteiger partial charge < -0.3 is 10.1 Å². The SMILES string of the molecule is CCOc1ccc(C(=O)Nc2cc(-c3cccs3)nn2-c2nc3c(c(=O)[nH]2)CCCC3)cc1.